The number of carbonyl (C=O) groups is 2. The van der Waals surface area contributed by atoms with Crippen LogP contribution in [0.5, 0.6) is 5.75 Å². The van der Waals surface area contributed by atoms with Crippen molar-refractivity contribution in [1.82, 2.24) is 10.6 Å². The third-order valence-electron chi connectivity index (χ3n) is 3.21. The summed E-state index contributed by atoms with van der Waals surface area (Å²) in [5, 5.41) is 5.56. The number of aryl methyl sites for hydroxylation is 1. The number of hydrogen-bond acceptors (Lipinski definition) is 3. The van der Waals surface area contributed by atoms with E-state index in [1.165, 1.54) is 0 Å². The Balaban J connectivity index is 1.66. The van der Waals surface area contributed by atoms with E-state index in [1.807, 2.05) is 31.2 Å². The summed E-state index contributed by atoms with van der Waals surface area (Å²) in [4.78, 5) is 23.6. The van der Waals surface area contributed by atoms with Gasteiger partial charge in [0.2, 0.25) is 5.91 Å². The van der Waals surface area contributed by atoms with Gasteiger partial charge < -0.3 is 15.4 Å². The first kappa shape index (κ1) is 17.8. The topological polar surface area (TPSA) is 67.4 Å². The van der Waals surface area contributed by atoms with Crippen LogP contribution in [0.4, 0.5) is 0 Å². The van der Waals surface area contributed by atoms with Gasteiger partial charge in [-0.1, -0.05) is 35.9 Å². The monoisotopic (exact) mass is 346 g/mol. The molecule has 0 radical (unpaired) electrons. The molecule has 2 rings (SSSR count). The Labute approximate surface area is 146 Å². The average molecular weight is 347 g/mol. The maximum absolute atomic E-state index is 11.9. The van der Waals surface area contributed by atoms with E-state index in [0.717, 1.165) is 11.3 Å². The van der Waals surface area contributed by atoms with Crippen LogP contribution in [-0.2, 0) is 4.79 Å². The Morgan fingerprint density at radius 2 is 1.88 bits per heavy atom. The molecule has 0 aliphatic heterocycles. The fourth-order valence-electron chi connectivity index (χ4n) is 2.03. The molecule has 0 atom stereocenters. The van der Waals surface area contributed by atoms with Gasteiger partial charge in [-0.05, 0) is 36.8 Å². The summed E-state index contributed by atoms with van der Waals surface area (Å²) < 4.78 is 5.53. The highest BCUT2D eigenvalue weighted by Crippen LogP contribution is 2.14. The van der Waals surface area contributed by atoms with E-state index in [4.69, 9.17) is 16.3 Å². The van der Waals surface area contributed by atoms with Crippen molar-refractivity contribution in [2.45, 2.75) is 6.92 Å². The number of amides is 2. The molecule has 6 heteroatoms. The van der Waals surface area contributed by atoms with Gasteiger partial charge in [0.1, 0.15) is 12.4 Å². The van der Waals surface area contributed by atoms with Crippen LogP contribution in [0, 0.1) is 6.92 Å². The third kappa shape index (κ3) is 5.59. The normalized spacial score (nSPS) is 10.1. The van der Waals surface area contributed by atoms with E-state index < -0.39 is 0 Å². The minimum absolute atomic E-state index is 0.117. The molecule has 2 N–H and O–H groups in total. The molecule has 0 aliphatic rings. The molecule has 0 unspecified atom stereocenters. The van der Waals surface area contributed by atoms with Crippen molar-refractivity contribution in [3.8, 4) is 5.75 Å². The minimum atomic E-state index is -0.383. The number of nitrogens with one attached hydrogen (secondary N) is 2. The molecule has 0 spiro atoms. The van der Waals surface area contributed by atoms with Gasteiger partial charge >= 0.3 is 0 Å². The molecule has 2 aromatic carbocycles. The molecule has 0 aliphatic carbocycles. The van der Waals surface area contributed by atoms with E-state index in [1.54, 1.807) is 24.3 Å². The molecule has 2 amide bonds. The Bertz CT molecular complexity index is 719. The first-order valence-corrected chi connectivity index (χ1v) is 7.93. The Morgan fingerprint density at radius 3 is 2.62 bits per heavy atom. The van der Waals surface area contributed by atoms with E-state index in [-0.39, 0.29) is 18.4 Å². The molecule has 5 nitrogen and oxygen atoms in total. The highest BCUT2D eigenvalue weighted by molar-refractivity contribution is 6.33. The number of benzene rings is 2. The van der Waals surface area contributed by atoms with E-state index in [0.29, 0.717) is 23.7 Å². The lowest BCUT2D eigenvalue weighted by molar-refractivity contribution is -0.120. The van der Waals surface area contributed by atoms with Crippen molar-refractivity contribution in [1.29, 1.82) is 0 Å². The van der Waals surface area contributed by atoms with E-state index >= 15 is 0 Å². The predicted molar refractivity (Wildman–Crippen MR) is 93.5 cm³/mol. The van der Waals surface area contributed by atoms with Crippen LogP contribution < -0.4 is 15.4 Å². The van der Waals surface area contributed by atoms with Gasteiger partial charge in [-0.2, -0.15) is 0 Å². The number of rotatable bonds is 7. The summed E-state index contributed by atoms with van der Waals surface area (Å²) in [7, 11) is 0. The molecule has 0 aromatic heterocycles. The lowest BCUT2D eigenvalue weighted by Crippen LogP contribution is -2.38. The van der Waals surface area contributed by atoms with Crippen LogP contribution >= 0.6 is 11.6 Å². The van der Waals surface area contributed by atoms with Crippen molar-refractivity contribution in [2.24, 2.45) is 0 Å². The van der Waals surface area contributed by atoms with Crippen LogP contribution in [0.15, 0.2) is 48.5 Å². The van der Waals surface area contributed by atoms with Crippen LogP contribution in [0.3, 0.4) is 0 Å². The van der Waals surface area contributed by atoms with E-state index in [2.05, 4.69) is 10.6 Å². The van der Waals surface area contributed by atoms with Crippen LogP contribution in [-0.4, -0.2) is 31.5 Å². The number of ether oxygens (including phenoxy) is 1. The average Bonchev–Trinajstić information content (AvgIpc) is 2.57. The summed E-state index contributed by atoms with van der Waals surface area (Å²) in [6.45, 7) is 2.58. The number of carbonyl (C=O) groups excluding carboxylic acids is 2. The number of hydrogen-bond donors (Lipinski definition) is 2. The van der Waals surface area contributed by atoms with Crippen molar-refractivity contribution in [3.05, 3.63) is 64.7 Å². The highest BCUT2D eigenvalue weighted by atomic mass is 35.5. The smallest absolute Gasteiger partial charge is 0.253 e. The SMILES string of the molecule is Cc1cccc(OCCNC(=O)CNC(=O)c2ccccc2Cl)c1. The lowest BCUT2D eigenvalue weighted by Gasteiger charge is -2.09. The summed E-state index contributed by atoms with van der Waals surface area (Å²) in [5.41, 5.74) is 1.45. The fraction of sp³-hybridized carbons (Fsp3) is 0.222. The predicted octanol–water partition coefficient (Wildman–Crippen LogP) is 2.57. The molecule has 126 valence electrons. The Kier molecular flexibility index (Phi) is 6.63. The molecular weight excluding hydrogens is 328 g/mol. The molecule has 0 saturated carbocycles. The molecular formula is C18H19ClN2O3. The maximum Gasteiger partial charge on any atom is 0.253 e. The van der Waals surface area contributed by atoms with Gasteiger partial charge in [-0.15, -0.1) is 0 Å². The Hall–Kier alpha value is -2.53. The first-order chi connectivity index (χ1) is 11.6. The van der Waals surface area contributed by atoms with Crippen molar-refractivity contribution >= 4 is 23.4 Å². The fourth-order valence-corrected chi connectivity index (χ4v) is 2.25. The highest BCUT2D eigenvalue weighted by Gasteiger charge is 2.10. The minimum Gasteiger partial charge on any atom is -0.492 e. The van der Waals surface area contributed by atoms with Crippen LogP contribution in [0.1, 0.15) is 15.9 Å². The zero-order chi connectivity index (χ0) is 17.4. The van der Waals surface area contributed by atoms with Crippen molar-refractivity contribution in [2.75, 3.05) is 19.7 Å². The first-order valence-electron chi connectivity index (χ1n) is 7.55. The second kappa shape index (κ2) is 8.93. The maximum atomic E-state index is 11.9. The van der Waals surface area contributed by atoms with Crippen molar-refractivity contribution < 1.29 is 14.3 Å². The third-order valence-corrected chi connectivity index (χ3v) is 3.54. The summed E-state index contributed by atoms with van der Waals surface area (Å²) in [5.74, 6) is 0.0891. The summed E-state index contributed by atoms with van der Waals surface area (Å²) >= 11 is 5.93. The van der Waals surface area contributed by atoms with E-state index in [9.17, 15) is 9.59 Å². The van der Waals surface area contributed by atoms with Gasteiger partial charge in [0.05, 0.1) is 23.7 Å². The summed E-state index contributed by atoms with van der Waals surface area (Å²) in [6.07, 6.45) is 0. The van der Waals surface area contributed by atoms with Gasteiger partial charge in [-0.25, -0.2) is 0 Å². The van der Waals surface area contributed by atoms with Gasteiger partial charge in [0.15, 0.2) is 0 Å². The Morgan fingerprint density at radius 1 is 1.08 bits per heavy atom. The second-order valence-corrected chi connectivity index (χ2v) is 5.58. The molecule has 0 fully saturated rings. The van der Waals surface area contributed by atoms with Gasteiger partial charge in [0, 0.05) is 0 Å². The van der Waals surface area contributed by atoms with Gasteiger partial charge in [0.25, 0.3) is 5.91 Å². The van der Waals surface area contributed by atoms with Crippen molar-refractivity contribution in [3.63, 3.8) is 0 Å². The summed E-state index contributed by atoms with van der Waals surface area (Å²) in [6, 6.07) is 14.3. The zero-order valence-electron chi connectivity index (χ0n) is 13.3. The second-order valence-electron chi connectivity index (χ2n) is 5.18. The largest absolute Gasteiger partial charge is 0.492 e. The van der Waals surface area contributed by atoms with Gasteiger partial charge in [-0.3, -0.25) is 9.59 Å². The molecule has 0 saturated heterocycles. The quantitative estimate of drug-likeness (QED) is 0.757. The van der Waals surface area contributed by atoms with Crippen LogP contribution in [0.25, 0.3) is 0 Å². The van der Waals surface area contributed by atoms with Crippen LogP contribution in [0.2, 0.25) is 5.02 Å². The molecule has 0 bridgehead atoms. The zero-order valence-corrected chi connectivity index (χ0v) is 14.1. The molecule has 0 heterocycles. The standard InChI is InChI=1S/C18H19ClN2O3/c1-13-5-4-6-14(11-13)24-10-9-20-17(22)12-21-18(23)15-7-2-3-8-16(15)19/h2-8,11H,9-10,12H2,1H3,(H,20,22)(H,21,23). The lowest BCUT2D eigenvalue weighted by atomic mass is 10.2. The number of halogens is 1. The molecule has 2 aromatic rings. The molecule has 24 heavy (non-hydrogen) atoms.